The average Bonchev–Trinajstić information content (AvgIpc) is 2.39. The predicted octanol–water partition coefficient (Wildman–Crippen LogP) is 1.60. The van der Waals surface area contributed by atoms with Crippen LogP contribution in [0.25, 0.3) is 0 Å². The number of hydrogen-bond acceptors (Lipinski definition) is 3. The average molecular weight is 262 g/mol. The second kappa shape index (κ2) is 7.04. The number of carbonyl (C=O) groups is 2. The van der Waals surface area contributed by atoms with Crippen molar-refractivity contribution in [1.29, 1.82) is 0 Å². The standard InChI is InChI=1S/C15H22N2O2/c1-15(2,16-3)11-14(19)17(9-10-18)12-13-7-5-4-6-8-13/h4-8,10,16H,9,11-12H2,1-3H3. The lowest BCUT2D eigenvalue weighted by Crippen LogP contribution is -2.43. The smallest absolute Gasteiger partial charge is 0.225 e. The molecule has 0 bridgehead atoms. The molecule has 104 valence electrons. The van der Waals surface area contributed by atoms with Crippen LogP contribution in [0.15, 0.2) is 30.3 Å². The number of rotatable bonds is 7. The number of benzene rings is 1. The lowest BCUT2D eigenvalue weighted by atomic mass is 10.00. The number of carbonyl (C=O) groups excluding carboxylic acids is 2. The van der Waals surface area contributed by atoms with Crippen LogP contribution in [-0.2, 0) is 16.1 Å². The molecule has 0 spiro atoms. The Bertz CT molecular complexity index is 415. The van der Waals surface area contributed by atoms with Crippen molar-refractivity contribution in [1.82, 2.24) is 10.2 Å². The molecule has 0 aliphatic heterocycles. The van der Waals surface area contributed by atoms with Crippen LogP contribution in [-0.4, -0.2) is 36.2 Å². The maximum atomic E-state index is 12.2. The molecule has 4 nitrogen and oxygen atoms in total. The van der Waals surface area contributed by atoms with Gasteiger partial charge in [0.2, 0.25) is 5.91 Å². The second-order valence-corrected chi connectivity index (χ2v) is 5.24. The number of nitrogens with zero attached hydrogens (tertiary/aromatic N) is 1. The summed E-state index contributed by atoms with van der Waals surface area (Å²) in [6.45, 7) is 4.53. The van der Waals surface area contributed by atoms with E-state index in [4.69, 9.17) is 0 Å². The first-order chi connectivity index (χ1) is 8.98. The summed E-state index contributed by atoms with van der Waals surface area (Å²) in [5.41, 5.74) is 0.759. The molecule has 19 heavy (non-hydrogen) atoms. The molecule has 0 saturated heterocycles. The maximum absolute atomic E-state index is 12.2. The normalized spacial score (nSPS) is 11.1. The van der Waals surface area contributed by atoms with Gasteiger partial charge in [0.05, 0.1) is 6.54 Å². The molecule has 1 N–H and O–H groups in total. The van der Waals surface area contributed by atoms with Crippen molar-refractivity contribution >= 4 is 12.2 Å². The molecule has 0 atom stereocenters. The zero-order chi connectivity index (χ0) is 14.3. The van der Waals surface area contributed by atoms with Gasteiger partial charge in [0.25, 0.3) is 0 Å². The third-order valence-electron chi connectivity index (χ3n) is 3.13. The molecule has 0 radical (unpaired) electrons. The third-order valence-corrected chi connectivity index (χ3v) is 3.13. The maximum Gasteiger partial charge on any atom is 0.225 e. The molecule has 0 aliphatic rings. The van der Waals surface area contributed by atoms with Gasteiger partial charge in [0, 0.05) is 18.5 Å². The Morgan fingerprint density at radius 1 is 1.32 bits per heavy atom. The largest absolute Gasteiger partial charge is 0.331 e. The van der Waals surface area contributed by atoms with Crippen molar-refractivity contribution in [3.63, 3.8) is 0 Å². The fourth-order valence-corrected chi connectivity index (χ4v) is 1.73. The first-order valence-corrected chi connectivity index (χ1v) is 6.43. The Morgan fingerprint density at radius 2 is 1.95 bits per heavy atom. The highest BCUT2D eigenvalue weighted by molar-refractivity contribution is 5.79. The van der Waals surface area contributed by atoms with E-state index in [9.17, 15) is 9.59 Å². The van der Waals surface area contributed by atoms with E-state index in [1.807, 2.05) is 51.2 Å². The first-order valence-electron chi connectivity index (χ1n) is 6.43. The Kier molecular flexibility index (Phi) is 5.70. The highest BCUT2D eigenvalue weighted by Crippen LogP contribution is 2.12. The van der Waals surface area contributed by atoms with Crippen LogP contribution in [0.3, 0.4) is 0 Å². The molecule has 0 heterocycles. The van der Waals surface area contributed by atoms with E-state index >= 15 is 0 Å². The molecule has 0 saturated carbocycles. The summed E-state index contributed by atoms with van der Waals surface area (Å²) in [5.74, 6) is -0.0182. The minimum absolute atomic E-state index is 0.0182. The van der Waals surface area contributed by atoms with E-state index in [2.05, 4.69) is 5.32 Å². The van der Waals surface area contributed by atoms with Crippen molar-refractivity contribution in [2.24, 2.45) is 0 Å². The first kappa shape index (κ1) is 15.4. The van der Waals surface area contributed by atoms with Gasteiger partial charge in [-0.15, -0.1) is 0 Å². The summed E-state index contributed by atoms with van der Waals surface area (Å²) in [7, 11) is 1.83. The zero-order valence-electron chi connectivity index (χ0n) is 11.8. The summed E-state index contributed by atoms with van der Waals surface area (Å²) in [6.07, 6.45) is 1.14. The highest BCUT2D eigenvalue weighted by Gasteiger charge is 2.23. The molecule has 0 aliphatic carbocycles. The van der Waals surface area contributed by atoms with Gasteiger partial charge in [-0.25, -0.2) is 0 Å². The van der Waals surface area contributed by atoms with Gasteiger partial charge in [-0.2, -0.15) is 0 Å². The molecule has 0 unspecified atom stereocenters. The number of nitrogens with one attached hydrogen (secondary N) is 1. The van der Waals surface area contributed by atoms with Gasteiger partial charge in [-0.3, -0.25) is 4.79 Å². The van der Waals surface area contributed by atoms with Gasteiger partial charge in [-0.1, -0.05) is 30.3 Å². The Morgan fingerprint density at radius 3 is 2.47 bits per heavy atom. The summed E-state index contributed by atoms with van der Waals surface area (Å²) in [5, 5.41) is 3.10. The van der Waals surface area contributed by atoms with Crippen LogP contribution < -0.4 is 5.32 Å². The molecule has 1 aromatic carbocycles. The van der Waals surface area contributed by atoms with Crippen LogP contribution in [0.2, 0.25) is 0 Å². The third kappa shape index (κ3) is 5.22. The SMILES string of the molecule is CNC(C)(C)CC(=O)N(CC=O)Cc1ccccc1. The Hall–Kier alpha value is -1.68. The van der Waals surface area contributed by atoms with Gasteiger partial charge < -0.3 is 15.0 Å². The van der Waals surface area contributed by atoms with Gasteiger partial charge in [0.1, 0.15) is 6.29 Å². The van der Waals surface area contributed by atoms with Gasteiger partial charge in [-0.05, 0) is 26.5 Å². The molecule has 1 rings (SSSR count). The Labute approximate surface area is 114 Å². The van der Waals surface area contributed by atoms with E-state index in [-0.39, 0.29) is 18.0 Å². The molecule has 0 fully saturated rings. The van der Waals surface area contributed by atoms with Crippen molar-refractivity contribution in [2.75, 3.05) is 13.6 Å². The van der Waals surface area contributed by atoms with E-state index in [0.29, 0.717) is 13.0 Å². The predicted molar refractivity (Wildman–Crippen MR) is 75.7 cm³/mol. The summed E-state index contributed by atoms with van der Waals surface area (Å²) in [6, 6.07) is 9.69. The number of aldehydes is 1. The highest BCUT2D eigenvalue weighted by atomic mass is 16.2. The van der Waals surface area contributed by atoms with Crippen LogP contribution in [0.5, 0.6) is 0 Å². The van der Waals surface area contributed by atoms with E-state index in [1.165, 1.54) is 0 Å². The summed E-state index contributed by atoms with van der Waals surface area (Å²) < 4.78 is 0. The van der Waals surface area contributed by atoms with Crippen LogP contribution >= 0.6 is 0 Å². The molecular weight excluding hydrogens is 240 g/mol. The molecule has 1 amide bonds. The minimum Gasteiger partial charge on any atom is -0.331 e. The van der Waals surface area contributed by atoms with E-state index in [0.717, 1.165) is 11.8 Å². The monoisotopic (exact) mass is 262 g/mol. The molecular formula is C15H22N2O2. The minimum atomic E-state index is -0.269. The second-order valence-electron chi connectivity index (χ2n) is 5.24. The number of hydrogen-bond donors (Lipinski definition) is 1. The summed E-state index contributed by atoms with van der Waals surface area (Å²) >= 11 is 0. The lowest BCUT2D eigenvalue weighted by molar-refractivity contribution is -0.134. The quantitative estimate of drug-likeness (QED) is 0.759. The van der Waals surface area contributed by atoms with Crippen molar-refractivity contribution < 1.29 is 9.59 Å². The van der Waals surface area contributed by atoms with Crippen LogP contribution in [0, 0.1) is 0 Å². The van der Waals surface area contributed by atoms with E-state index < -0.39 is 0 Å². The molecule has 0 aromatic heterocycles. The van der Waals surface area contributed by atoms with Crippen molar-refractivity contribution in [3.05, 3.63) is 35.9 Å². The molecule has 4 heteroatoms. The summed E-state index contributed by atoms with van der Waals surface area (Å²) in [4.78, 5) is 24.6. The Balaban J connectivity index is 2.72. The van der Waals surface area contributed by atoms with Gasteiger partial charge in [0.15, 0.2) is 0 Å². The number of amides is 1. The zero-order valence-corrected chi connectivity index (χ0v) is 11.8. The van der Waals surface area contributed by atoms with Crippen molar-refractivity contribution in [2.45, 2.75) is 32.4 Å². The lowest BCUT2D eigenvalue weighted by Gasteiger charge is -2.28. The van der Waals surface area contributed by atoms with E-state index in [1.54, 1.807) is 4.90 Å². The van der Waals surface area contributed by atoms with Crippen molar-refractivity contribution in [3.8, 4) is 0 Å². The van der Waals surface area contributed by atoms with Crippen LogP contribution in [0.1, 0.15) is 25.8 Å². The van der Waals surface area contributed by atoms with Crippen LogP contribution in [0.4, 0.5) is 0 Å². The van der Waals surface area contributed by atoms with Gasteiger partial charge >= 0.3 is 0 Å². The fourth-order valence-electron chi connectivity index (χ4n) is 1.73. The fraction of sp³-hybridized carbons (Fsp3) is 0.467. The topological polar surface area (TPSA) is 49.4 Å². The molecule has 1 aromatic rings.